The van der Waals surface area contributed by atoms with Crippen molar-refractivity contribution in [2.45, 2.75) is 47.1 Å². The lowest BCUT2D eigenvalue weighted by Gasteiger charge is -2.12. The van der Waals surface area contributed by atoms with Gasteiger partial charge in [-0.25, -0.2) is 0 Å². The lowest BCUT2D eigenvalue weighted by atomic mass is 10.0. The minimum Gasteiger partial charge on any atom is -0.390 e. The zero-order chi connectivity index (χ0) is 11.0. The fourth-order valence-corrected chi connectivity index (χ4v) is 2.65. The first-order valence-electron chi connectivity index (χ1n) is 5.61. The quantitative estimate of drug-likeness (QED) is 0.691. The van der Waals surface area contributed by atoms with Crippen molar-refractivity contribution in [2.75, 3.05) is 13.2 Å². The molecule has 0 aromatic rings. The van der Waals surface area contributed by atoms with E-state index in [4.69, 9.17) is 4.74 Å². The van der Waals surface area contributed by atoms with Crippen molar-refractivity contribution in [2.24, 2.45) is 16.7 Å². The van der Waals surface area contributed by atoms with E-state index in [0.717, 1.165) is 13.0 Å². The predicted molar refractivity (Wildman–Crippen MR) is 58.2 cm³/mol. The molecule has 0 radical (unpaired) electrons. The summed E-state index contributed by atoms with van der Waals surface area (Å²) < 4.78 is 5.38. The highest BCUT2D eigenvalue weighted by molar-refractivity contribution is 5.14. The van der Waals surface area contributed by atoms with Gasteiger partial charge in [-0.2, -0.15) is 0 Å². The minimum atomic E-state index is -0.299. The Hall–Kier alpha value is -0.0800. The SMILES string of the molecule is CCCOCC(O)C1C(C)(C)C1(C)C. The molecule has 0 bridgehead atoms. The average molecular weight is 200 g/mol. The van der Waals surface area contributed by atoms with Crippen LogP contribution in [0.1, 0.15) is 41.0 Å². The van der Waals surface area contributed by atoms with Gasteiger partial charge in [-0.15, -0.1) is 0 Å². The molecule has 1 rings (SSSR count). The second-order valence-electron chi connectivity index (χ2n) is 5.56. The summed E-state index contributed by atoms with van der Waals surface area (Å²) in [6, 6.07) is 0. The van der Waals surface area contributed by atoms with Crippen LogP contribution in [-0.2, 0) is 4.74 Å². The summed E-state index contributed by atoms with van der Waals surface area (Å²) >= 11 is 0. The smallest absolute Gasteiger partial charge is 0.0812 e. The second-order valence-corrected chi connectivity index (χ2v) is 5.56. The fraction of sp³-hybridized carbons (Fsp3) is 1.00. The molecule has 1 aliphatic rings. The van der Waals surface area contributed by atoms with E-state index >= 15 is 0 Å². The van der Waals surface area contributed by atoms with Crippen LogP contribution in [0.5, 0.6) is 0 Å². The van der Waals surface area contributed by atoms with Gasteiger partial charge in [0, 0.05) is 6.61 Å². The standard InChI is InChI=1S/C12H24O2/c1-6-7-14-8-9(13)10-11(2,3)12(10,4)5/h9-10,13H,6-8H2,1-5H3. The molecule has 1 aliphatic carbocycles. The Morgan fingerprint density at radius 3 is 2.07 bits per heavy atom. The Kier molecular flexibility index (Phi) is 3.27. The largest absolute Gasteiger partial charge is 0.390 e. The molecule has 0 aromatic carbocycles. The van der Waals surface area contributed by atoms with E-state index in [1.54, 1.807) is 0 Å². The van der Waals surface area contributed by atoms with E-state index in [1.807, 2.05) is 0 Å². The molecule has 2 nitrogen and oxygen atoms in total. The maximum Gasteiger partial charge on any atom is 0.0812 e. The molecule has 84 valence electrons. The predicted octanol–water partition coefficient (Wildman–Crippen LogP) is 2.46. The van der Waals surface area contributed by atoms with Crippen LogP contribution in [0.4, 0.5) is 0 Å². The van der Waals surface area contributed by atoms with Crippen molar-refractivity contribution in [3.8, 4) is 0 Å². The van der Waals surface area contributed by atoms with Crippen molar-refractivity contribution < 1.29 is 9.84 Å². The molecule has 0 saturated heterocycles. The zero-order valence-electron chi connectivity index (χ0n) is 10.1. The van der Waals surface area contributed by atoms with E-state index in [9.17, 15) is 5.11 Å². The average Bonchev–Trinajstić information content (AvgIpc) is 2.43. The molecule has 1 fully saturated rings. The lowest BCUT2D eigenvalue weighted by molar-refractivity contribution is 0.0158. The number of hydrogen-bond acceptors (Lipinski definition) is 2. The third-order valence-electron chi connectivity index (χ3n) is 4.15. The van der Waals surface area contributed by atoms with Gasteiger partial charge in [-0.05, 0) is 23.2 Å². The van der Waals surface area contributed by atoms with Crippen LogP contribution in [0.15, 0.2) is 0 Å². The molecule has 0 aromatic heterocycles. The molecule has 0 aliphatic heterocycles. The number of rotatable bonds is 5. The molecule has 1 N–H and O–H groups in total. The summed E-state index contributed by atoms with van der Waals surface area (Å²) in [6.45, 7) is 12.2. The van der Waals surface area contributed by atoms with Gasteiger partial charge in [0.1, 0.15) is 0 Å². The normalized spacial score (nSPS) is 26.1. The Bertz CT molecular complexity index is 182. The van der Waals surface area contributed by atoms with Gasteiger partial charge in [0.05, 0.1) is 12.7 Å². The number of hydrogen-bond donors (Lipinski definition) is 1. The van der Waals surface area contributed by atoms with Crippen molar-refractivity contribution >= 4 is 0 Å². The maximum atomic E-state index is 9.96. The van der Waals surface area contributed by atoms with Crippen LogP contribution >= 0.6 is 0 Å². The Labute approximate surface area is 87.7 Å². The van der Waals surface area contributed by atoms with Crippen LogP contribution in [-0.4, -0.2) is 24.4 Å². The molecule has 0 heterocycles. The van der Waals surface area contributed by atoms with Crippen LogP contribution < -0.4 is 0 Å². The summed E-state index contributed by atoms with van der Waals surface area (Å²) in [7, 11) is 0. The number of aliphatic hydroxyl groups is 1. The fourth-order valence-electron chi connectivity index (χ4n) is 2.65. The zero-order valence-corrected chi connectivity index (χ0v) is 10.1. The Balaban J connectivity index is 2.37. The third-order valence-corrected chi connectivity index (χ3v) is 4.15. The number of aliphatic hydroxyl groups excluding tert-OH is 1. The maximum absolute atomic E-state index is 9.96. The molecule has 0 amide bonds. The molecule has 1 atom stereocenters. The molecule has 0 spiro atoms. The van der Waals surface area contributed by atoms with E-state index in [1.165, 1.54) is 0 Å². The minimum absolute atomic E-state index is 0.252. The highest BCUT2D eigenvalue weighted by Crippen LogP contribution is 2.69. The monoisotopic (exact) mass is 200 g/mol. The van der Waals surface area contributed by atoms with Crippen molar-refractivity contribution in [3.63, 3.8) is 0 Å². The van der Waals surface area contributed by atoms with Gasteiger partial charge in [0.2, 0.25) is 0 Å². The first kappa shape index (κ1) is 12.0. The summed E-state index contributed by atoms with van der Waals surface area (Å²) in [6.07, 6.45) is 0.719. The summed E-state index contributed by atoms with van der Waals surface area (Å²) in [5, 5.41) is 9.96. The van der Waals surface area contributed by atoms with Crippen LogP contribution in [0.25, 0.3) is 0 Å². The van der Waals surface area contributed by atoms with E-state index in [-0.39, 0.29) is 16.9 Å². The Morgan fingerprint density at radius 1 is 1.21 bits per heavy atom. The van der Waals surface area contributed by atoms with Crippen molar-refractivity contribution in [3.05, 3.63) is 0 Å². The van der Waals surface area contributed by atoms with E-state index < -0.39 is 0 Å². The summed E-state index contributed by atoms with van der Waals surface area (Å²) in [5.41, 5.74) is 0.504. The van der Waals surface area contributed by atoms with E-state index in [0.29, 0.717) is 12.5 Å². The van der Waals surface area contributed by atoms with Gasteiger partial charge >= 0.3 is 0 Å². The number of ether oxygens (including phenoxy) is 1. The topological polar surface area (TPSA) is 29.5 Å². The van der Waals surface area contributed by atoms with Gasteiger partial charge in [0.15, 0.2) is 0 Å². The summed E-state index contributed by atoms with van der Waals surface area (Å²) in [5.74, 6) is 0.381. The van der Waals surface area contributed by atoms with Gasteiger partial charge in [-0.1, -0.05) is 34.6 Å². The van der Waals surface area contributed by atoms with Crippen molar-refractivity contribution in [1.29, 1.82) is 0 Å². The first-order valence-corrected chi connectivity index (χ1v) is 5.61. The molecule has 1 unspecified atom stereocenters. The third kappa shape index (κ3) is 1.82. The molecule has 14 heavy (non-hydrogen) atoms. The Morgan fingerprint density at radius 2 is 1.71 bits per heavy atom. The highest BCUT2D eigenvalue weighted by atomic mass is 16.5. The second kappa shape index (κ2) is 3.82. The molecular formula is C12H24O2. The van der Waals surface area contributed by atoms with Crippen LogP contribution in [0.2, 0.25) is 0 Å². The highest BCUT2D eigenvalue weighted by Gasteiger charge is 2.67. The molecular weight excluding hydrogens is 176 g/mol. The lowest BCUT2D eigenvalue weighted by Crippen LogP contribution is -2.21. The summed E-state index contributed by atoms with van der Waals surface area (Å²) in [4.78, 5) is 0. The van der Waals surface area contributed by atoms with E-state index in [2.05, 4.69) is 34.6 Å². The van der Waals surface area contributed by atoms with Crippen LogP contribution in [0, 0.1) is 16.7 Å². The van der Waals surface area contributed by atoms with Crippen LogP contribution in [0.3, 0.4) is 0 Å². The van der Waals surface area contributed by atoms with Gasteiger partial charge in [0.25, 0.3) is 0 Å². The van der Waals surface area contributed by atoms with Gasteiger partial charge < -0.3 is 9.84 Å². The molecule has 1 saturated carbocycles. The molecule has 2 heteroatoms. The van der Waals surface area contributed by atoms with Gasteiger partial charge in [-0.3, -0.25) is 0 Å². The first-order chi connectivity index (χ1) is 6.35. The van der Waals surface area contributed by atoms with Crippen molar-refractivity contribution in [1.82, 2.24) is 0 Å².